The number of nitrogens with zero attached hydrogens (tertiary/aromatic N) is 2. The summed E-state index contributed by atoms with van der Waals surface area (Å²) in [6.45, 7) is 7.42. The molecule has 4 heteroatoms. The molecule has 21 heavy (non-hydrogen) atoms. The van der Waals surface area contributed by atoms with Gasteiger partial charge < -0.3 is 5.32 Å². The summed E-state index contributed by atoms with van der Waals surface area (Å²) in [5.74, 6) is 0.965. The average molecular weight is 303 g/mol. The zero-order valence-corrected chi connectivity index (χ0v) is 14.2. The van der Waals surface area contributed by atoms with Crippen molar-refractivity contribution in [1.82, 2.24) is 15.1 Å². The van der Waals surface area contributed by atoms with Crippen LogP contribution in [0.2, 0.25) is 0 Å². The van der Waals surface area contributed by atoms with Crippen LogP contribution in [-0.2, 0) is 25.8 Å². The first-order valence-corrected chi connectivity index (χ1v) is 8.54. The number of hydrogen-bond acceptors (Lipinski definition) is 3. The first-order chi connectivity index (χ1) is 10.1. The third-order valence-electron chi connectivity index (χ3n) is 3.41. The predicted octanol–water partition coefficient (Wildman–Crippen LogP) is 3.77. The zero-order chi connectivity index (χ0) is 15.2. The summed E-state index contributed by atoms with van der Waals surface area (Å²) in [7, 11) is 2.02. The van der Waals surface area contributed by atoms with Crippen molar-refractivity contribution in [1.29, 1.82) is 0 Å². The normalized spacial score (nSPS) is 11.3. The van der Waals surface area contributed by atoms with Crippen molar-refractivity contribution in [2.24, 2.45) is 7.05 Å². The highest BCUT2D eigenvalue weighted by Gasteiger charge is 2.04. The topological polar surface area (TPSA) is 29.9 Å². The molecular formula is C17H25N3S. The van der Waals surface area contributed by atoms with Crippen molar-refractivity contribution in [3.63, 3.8) is 0 Å². The van der Waals surface area contributed by atoms with Gasteiger partial charge in [-0.15, -0.1) is 11.8 Å². The Morgan fingerprint density at radius 2 is 1.95 bits per heavy atom. The van der Waals surface area contributed by atoms with E-state index in [1.807, 2.05) is 23.5 Å². The minimum absolute atomic E-state index is 0.525. The van der Waals surface area contributed by atoms with Gasteiger partial charge in [0, 0.05) is 36.0 Å². The second-order valence-electron chi connectivity index (χ2n) is 5.57. The first-order valence-electron chi connectivity index (χ1n) is 7.55. The highest BCUT2D eigenvalue weighted by molar-refractivity contribution is 7.98. The molecule has 0 aliphatic heterocycles. The van der Waals surface area contributed by atoms with Gasteiger partial charge in [-0.25, -0.2) is 0 Å². The van der Waals surface area contributed by atoms with Crippen LogP contribution in [0.3, 0.4) is 0 Å². The Morgan fingerprint density at radius 3 is 2.52 bits per heavy atom. The average Bonchev–Trinajstić information content (AvgIpc) is 2.84. The third-order valence-corrected chi connectivity index (χ3v) is 4.46. The van der Waals surface area contributed by atoms with E-state index in [2.05, 4.69) is 61.5 Å². The molecule has 0 fully saturated rings. The zero-order valence-electron chi connectivity index (χ0n) is 13.4. The summed E-state index contributed by atoms with van der Waals surface area (Å²) in [5, 5.41) is 7.93. The van der Waals surface area contributed by atoms with E-state index in [0.29, 0.717) is 6.04 Å². The van der Waals surface area contributed by atoms with Crippen LogP contribution >= 0.6 is 11.8 Å². The molecule has 0 aliphatic carbocycles. The maximum atomic E-state index is 4.49. The molecule has 1 N–H and O–H groups in total. The van der Waals surface area contributed by atoms with E-state index in [9.17, 15) is 0 Å². The molecule has 114 valence electrons. The molecule has 2 rings (SSSR count). The largest absolute Gasteiger partial charge is 0.310 e. The van der Waals surface area contributed by atoms with E-state index in [1.54, 1.807) is 0 Å². The van der Waals surface area contributed by atoms with Crippen molar-refractivity contribution in [3.8, 4) is 0 Å². The van der Waals surface area contributed by atoms with Crippen molar-refractivity contribution in [2.75, 3.05) is 0 Å². The van der Waals surface area contributed by atoms with Gasteiger partial charge in [-0.3, -0.25) is 4.68 Å². The van der Waals surface area contributed by atoms with Crippen LogP contribution < -0.4 is 5.32 Å². The molecule has 0 atom stereocenters. The number of benzene rings is 1. The standard InChI is InChI=1S/C17H25N3S/c1-5-15-10-16(20(4)19-15)12-21-17-8-6-14(7-9-17)11-18-13(2)3/h6-10,13,18H,5,11-12H2,1-4H3. The quantitative estimate of drug-likeness (QED) is 0.790. The van der Waals surface area contributed by atoms with E-state index in [-0.39, 0.29) is 0 Å². The minimum atomic E-state index is 0.525. The molecule has 0 spiro atoms. The lowest BCUT2D eigenvalue weighted by molar-refractivity contribution is 0.588. The maximum Gasteiger partial charge on any atom is 0.0625 e. The van der Waals surface area contributed by atoms with E-state index in [4.69, 9.17) is 0 Å². The van der Waals surface area contributed by atoms with E-state index in [1.165, 1.54) is 21.8 Å². The fourth-order valence-electron chi connectivity index (χ4n) is 2.06. The second kappa shape index (κ2) is 7.66. The molecule has 0 saturated heterocycles. The lowest BCUT2D eigenvalue weighted by atomic mass is 10.2. The Kier molecular flexibility index (Phi) is 5.88. The Labute approximate surface area is 132 Å². The monoisotopic (exact) mass is 303 g/mol. The Morgan fingerprint density at radius 1 is 1.24 bits per heavy atom. The molecule has 0 amide bonds. The second-order valence-corrected chi connectivity index (χ2v) is 6.62. The summed E-state index contributed by atoms with van der Waals surface area (Å²) in [6, 6.07) is 11.6. The summed E-state index contributed by atoms with van der Waals surface area (Å²) >= 11 is 1.86. The van der Waals surface area contributed by atoms with Crippen LogP contribution in [0.15, 0.2) is 35.2 Å². The highest BCUT2D eigenvalue weighted by atomic mass is 32.2. The third kappa shape index (κ3) is 4.90. The Hall–Kier alpha value is -1.26. The molecule has 0 unspecified atom stereocenters. The minimum Gasteiger partial charge on any atom is -0.310 e. The maximum absolute atomic E-state index is 4.49. The van der Waals surface area contributed by atoms with Crippen molar-refractivity contribution in [2.45, 2.75) is 50.4 Å². The lowest BCUT2D eigenvalue weighted by Crippen LogP contribution is -2.21. The number of thioether (sulfide) groups is 1. The van der Waals surface area contributed by atoms with Crippen LogP contribution in [0.25, 0.3) is 0 Å². The van der Waals surface area contributed by atoms with Gasteiger partial charge in [0.2, 0.25) is 0 Å². The lowest BCUT2D eigenvalue weighted by Gasteiger charge is -2.08. The molecule has 3 nitrogen and oxygen atoms in total. The van der Waals surface area contributed by atoms with Crippen molar-refractivity contribution in [3.05, 3.63) is 47.3 Å². The smallest absolute Gasteiger partial charge is 0.0625 e. The van der Waals surface area contributed by atoms with E-state index < -0.39 is 0 Å². The van der Waals surface area contributed by atoms with Crippen LogP contribution in [0, 0.1) is 0 Å². The van der Waals surface area contributed by atoms with E-state index in [0.717, 1.165) is 18.7 Å². The van der Waals surface area contributed by atoms with Gasteiger partial charge in [0.1, 0.15) is 0 Å². The summed E-state index contributed by atoms with van der Waals surface area (Å²) < 4.78 is 1.99. The molecule has 0 aliphatic rings. The molecule has 0 radical (unpaired) electrons. The molecule has 0 saturated carbocycles. The number of nitrogens with one attached hydrogen (secondary N) is 1. The van der Waals surface area contributed by atoms with Gasteiger partial charge in [0.25, 0.3) is 0 Å². The Balaban J connectivity index is 1.89. The van der Waals surface area contributed by atoms with Gasteiger partial charge in [-0.05, 0) is 30.2 Å². The van der Waals surface area contributed by atoms with Crippen molar-refractivity contribution >= 4 is 11.8 Å². The van der Waals surface area contributed by atoms with Gasteiger partial charge in [-0.1, -0.05) is 32.9 Å². The SMILES string of the molecule is CCc1cc(CSc2ccc(CNC(C)C)cc2)n(C)n1. The van der Waals surface area contributed by atoms with Crippen LogP contribution in [0.5, 0.6) is 0 Å². The summed E-state index contributed by atoms with van der Waals surface area (Å²) in [5.41, 5.74) is 3.78. The summed E-state index contributed by atoms with van der Waals surface area (Å²) in [4.78, 5) is 1.31. The fraction of sp³-hybridized carbons (Fsp3) is 0.471. The molecule has 1 aromatic heterocycles. The molecule has 2 aromatic rings. The van der Waals surface area contributed by atoms with Crippen LogP contribution in [-0.4, -0.2) is 15.8 Å². The van der Waals surface area contributed by atoms with Gasteiger partial charge in [-0.2, -0.15) is 5.10 Å². The van der Waals surface area contributed by atoms with Crippen molar-refractivity contribution < 1.29 is 0 Å². The molecule has 0 bridgehead atoms. The van der Waals surface area contributed by atoms with Crippen LogP contribution in [0.4, 0.5) is 0 Å². The first kappa shape index (κ1) is 16.1. The van der Waals surface area contributed by atoms with Crippen LogP contribution in [0.1, 0.15) is 37.7 Å². The predicted molar refractivity (Wildman–Crippen MR) is 90.6 cm³/mol. The van der Waals surface area contributed by atoms with Gasteiger partial charge in [0.05, 0.1) is 5.69 Å². The number of rotatable bonds is 7. The molecule has 1 aromatic carbocycles. The Bertz CT molecular complexity index is 558. The van der Waals surface area contributed by atoms with Gasteiger partial charge in [0.15, 0.2) is 0 Å². The molecule has 1 heterocycles. The number of aromatic nitrogens is 2. The number of hydrogen-bond donors (Lipinski definition) is 1. The van der Waals surface area contributed by atoms with Gasteiger partial charge >= 0.3 is 0 Å². The van der Waals surface area contributed by atoms with E-state index >= 15 is 0 Å². The number of aryl methyl sites for hydroxylation is 2. The fourth-order valence-corrected chi connectivity index (χ4v) is 2.98. The molecular weight excluding hydrogens is 278 g/mol. The highest BCUT2D eigenvalue weighted by Crippen LogP contribution is 2.23. The summed E-state index contributed by atoms with van der Waals surface area (Å²) in [6.07, 6.45) is 0.996.